The van der Waals surface area contributed by atoms with E-state index >= 15 is 0 Å². The van der Waals surface area contributed by atoms with Crippen molar-refractivity contribution >= 4 is 51.5 Å². The van der Waals surface area contributed by atoms with Crippen molar-refractivity contribution < 1.29 is 27.9 Å². The highest BCUT2D eigenvalue weighted by atomic mass is 19.3. The summed E-state index contributed by atoms with van der Waals surface area (Å²) in [5, 5.41) is 19.5. The zero-order chi connectivity index (χ0) is 41.5. The molecule has 318 valence electrons. The Bertz CT molecular complexity index is 2370. The summed E-state index contributed by atoms with van der Waals surface area (Å²) in [6, 6.07) is 8.35. The van der Waals surface area contributed by atoms with E-state index in [1.165, 1.54) is 10.7 Å². The molecule has 3 saturated heterocycles. The van der Waals surface area contributed by atoms with Gasteiger partial charge in [-0.25, -0.2) is 18.3 Å². The maximum Gasteiger partial charge on any atom is 0.284 e. The molecule has 0 radical (unpaired) electrons. The summed E-state index contributed by atoms with van der Waals surface area (Å²) in [6.07, 6.45) is 9.44. The molecule has 5 aromatic rings. The van der Waals surface area contributed by atoms with Crippen LogP contribution in [0.4, 0.5) is 26.0 Å². The summed E-state index contributed by atoms with van der Waals surface area (Å²) in [5.41, 5.74) is 2.92. The Morgan fingerprint density at radius 2 is 1.80 bits per heavy atom. The minimum Gasteiger partial charge on any atom is -0.378 e. The van der Waals surface area contributed by atoms with E-state index in [9.17, 15) is 23.2 Å². The first-order valence-corrected chi connectivity index (χ1v) is 21.2. The molecule has 18 heteroatoms. The highest BCUT2D eigenvalue weighted by Crippen LogP contribution is 2.38. The van der Waals surface area contributed by atoms with E-state index in [4.69, 9.17) is 9.84 Å². The highest BCUT2D eigenvalue weighted by Gasteiger charge is 2.34. The number of morpholine rings is 1. The average Bonchev–Trinajstić information content (AvgIpc) is 3.99. The molecule has 3 aliphatic heterocycles. The zero-order valence-corrected chi connectivity index (χ0v) is 34.1. The van der Waals surface area contributed by atoms with Crippen molar-refractivity contribution in [2.75, 3.05) is 68.1 Å². The van der Waals surface area contributed by atoms with Gasteiger partial charge in [0.2, 0.25) is 11.8 Å². The third-order valence-electron chi connectivity index (χ3n) is 13.1. The number of benzene rings is 1. The number of nitrogens with one attached hydrogen (secondary N) is 2. The molecule has 1 saturated carbocycles. The molecular weight excluding hydrogens is 775 g/mol. The molecule has 4 aliphatic rings. The molecule has 60 heavy (non-hydrogen) atoms. The maximum absolute atomic E-state index is 14.3. The molecule has 4 aromatic heterocycles. The summed E-state index contributed by atoms with van der Waals surface area (Å²) in [5.74, 6) is -0.259. The number of alkyl halides is 2. The van der Waals surface area contributed by atoms with Crippen LogP contribution in [0, 0.1) is 5.92 Å². The van der Waals surface area contributed by atoms with Crippen LogP contribution < -0.4 is 20.4 Å². The number of anilines is 3. The van der Waals surface area contributed by atoms with Gasteiger partial charge < -0.3 is 24.8 Å². The largest absolute Gasteiger partial charge is 0.378 e. The van der Waals surface area contributed by atoms with Gasteiger partial charge in [-0.3, -0.25) is 29.1 Å². The first-order chi connectivity index (χ1) is 29.1. The summed E-state index contributed by atoms with van der Waals surface area (Å²) < 4.78 is 39.0. The number of carbonyl (C=O) groups is 3. The van der Waals surface area contributed by atoms with Gasteiger partial charge in [-0.05, 0) is 76.0 Å². The van der Waals surface area contributed by atoms with Gasteiger partial charge in [0, 0.05) is 70.5 Å². The summed E-state index contributed by atoms with van der Waals surface area (Å²) in [4.78, 5) is 49.6. The van der Waals surface area contributed by atoms with E-state index in [0.29, 0.717) is 62.6 Å². The van der Waals surface area contributed by atoms with Gasteiger partial charge in [-0.1, -0.05) is 12.1 Å². The number of likely N-dealkylation sites (tertiary alicyclic amines) is 1. The Morgan fingerprint density at radius 1 is 1.02 bits per heavy atom. The lowest BCUT2D eigenvalue weighted by Crippen LogP contribution is -2.44. The lowest BCUT2D eigenvalue weighted by molar-refractivity contribution is -0.134. The summed E-state index contributed by atoms with van der Waals surface area (Å²) >= 11 is 0. The van der Waals surface area contributed by atoms with Crippen molar-refractivity contribution in [3.63, 3.8) is 0 Å². The average molecular weight is 827 g/mol. The van der Waals surface area contributed by atoms with Gasteiger partial charge in [-0.2, -0.15) is 15.3 Å². The molecule has 1 aliphatic carbocycles. The zero-order valence-electron chi connectivity index (χ0n) is 34.1. The number of para-hydroxylation sites is 1. The second kappa shape index (κ2) is 16.9. The Labute approximate surface area is 346 Å². The van der Waals surface area contributed by atoms with Gasteiger partial charge in [-0.15, -0.1) is 0 Å². The number of hydrogen-bond donors (Lipinski definition) is 2. The molecule has 2 N–H and O–H groups in total. The standard InChI is InChI=1S/C42H52F2N12O4/c1-51(33-5-3-4-29-36(49-52(2)38(29)33)30-10-11-35(57)48-41(30)58)27-13-17-53(18-14-27)16-12-26-6-8-28(9-7-26)56-25-32(37(50-56)39(43)44)46-42(59)31-24-45-55-19-15-34(47-40(31)55)54-20-22-60-23-21-54/h3-5,15,19,24-28,30,39H,6-14,16-18,20-23H2,1-2H3,(H,46,59)(H,48,57,58). The van der Waals surface area contributed by atoms with Gasteiger partial charge in [0.05, 0.1) is 54.0 Å². The van der Waals surface area contributed by atoms with Crippen molar-refractivity contribution in [2.45, 2.75) is 82.2 Å². The summed E-state index contributed by atoms with van der Waals surface area (Å²) in [7, 11) is 4.07. The van der Waals surface area contributed by atoms with Crippen molar-refractivity contribution in [1.82, 2.24) is 44.4 Å². The highest BCUT2D eigenvalue weighted by molar-refractivity contribution is 6.08. The number of rotatable bonds is 11. The fourth-order valence-electron chi connectivity index (χ4n) is 9.66. The van der Waals surface area contributed by atoms with Gasteiger partial charge in [0.15, 0.2) is 11.3 Å². The molecule has 16 nitrogen and oxygen atoms in total. The maximum atomic E-state index is 14.3. The first kappa shape index (κ1) is 39.9. The normalized spacial score (nSPS) is 22.2. The molecule has 9 rings (SSSR count). The number of fused-ring (bicyclic) bond motifs is 2. The minimum atomic E-state index is -2.85. The number of amides is 3. The first-order valence-electron chi connectivity index (χ1n) is 21.2. The molecular formula is C42H52F2N12O4. The fourth-order valence-corrected chi connectivity index (χ4v) is 9.66. The quantitative estimate of drug-likeness (QED) is 0.171. The molecule has 1 atom stereocenters. The number of aryl methyl sites for hydroxylation is 1. The van der Waals surface area contributed by atoms with Crippen LogP contribution in [0.3, 0.4) is 0 Å². The number of hydrogen-bond acceptors (Lipinski definition) is 11. The van der Waals surface area contributed by atoms with Crippen LogP contribution in [-0.4, -0.2) is 116 Å². The molecule has 3 amide bonds. The van der Waals surface area contributed by atoms with E-state index in [1.54, 1.807) is 17.1 Å². The second-order valence-corrected chi connectivity index (χ2v) is 16.7. The van der Waals surface area contributed by atoms with Crippen LogP contribution in [0.25, 0.3) is 16.6 Å². The van der Waals surface area contributed by atoms with Crippen molar-refractivity contribution in [3.8, 4) is 0 Å². The predicted molar refractivity (Wildman–Crippen MR) is 220 cm³/mol. The second-order valence-electron chi connectivity index (χ2n) is 16.7. The Hall–Kier alpha value is -5.49. The molecule has 0 spiro atoms. The van der Waals surface area contributed by atoms with Crippen LogP contribution in [-0.2, 0) is 21.4 Å². The lowest BCUT2D eigenvalue weighted by atomic mass is 9.84. The van der Waals surface area contributed by atoms with Crippen molar-refractivity contribution in [1.29, 1.82) is 0 Å². The SMILES string of the molecule is CN(c1cccc2c(C3CCC(=O)NC3=O)nn(C)c12)C1CCN(CCC2CCC(n3cc(NC(=O)c4cnn5ccc(N6CCOCC6)nc45)c(C(F)F)n3)CC2)CC1. The predicted octanol–water partition coefficient (Wildman–Crippen LogP) is 5.08. The number of aromatic nitrogens is 7. The van der Waals surface area contributed by atoms with E-state index < -0.39 is 23.9 Å². The molecule has 7 heterocycles. The third kappa shape index (κ3) is 7.93. The van der Waals surface area contributed by atoms with Crippen LogP contribution in [0.2, 0.25) is 0 Å². The van der Waals surface area contributed by atoms with Crippen LogP contribution in [0.5, 0.6) is 0 Å². The van der Waals surface area contributed by atoms with E-state index in [2.05, 4.69) is 53.6 Å². The Kier molecular flexibility index (Phi) is 11.2. The fraction of sp³-hybridized carbons (Fsp3) is 0.548. The number of piperidine rings is 2. The number of halogens is 2. The molecule has 0 bridgehead atoms. The Balaban J connectivity index is 0.769. The smallest absolute Gasteiger partial charge is 0.284 e. The van der Waals surface area contributed by atoms with Crippen molar-refractivity contribution in [3.05, 3.63) is 59.8 Å². The topological polar surface area (TPSA) is 160 Å². The van der Waals surface area contributed by atoms with Crippen LogP contribution in [0.15, 0.2) is 42.9 Å². The molecule has 4 fully saturated rings. The van der Waals surface area contributed by atoms with Gasteiger partial charge in [0.25, 0.3) is 12.3 Å². The summed E-state index contributed by atoms with van der Waals surface area (Å²) in [6.45, 7) is 5.58. The van der Waals surface area contributed by atoms with Crippen LogP contribution in [0.1, 0.15) is 97.9 Å². The third-order valence-corrected chi connectivity index (χ3v) is 13.1. The number of ether oxygens (including phenoxy) is 1. The van der Waals surface area contributed by atoms with E-state index in [0.717, 1.165) is 86.9 Å². The monoisotopic (exact) mass is 826 g/mol. The molecule has 1 unspecified atom stereocenters. The minimum absolute atomic E-state index is 0.00355. The van der Waals surface area contributed by atoms with Gasteiger partial charge >= 0.3 is 0 Å². The number of carbonyl (C=O) groups excluding carboxylic acids is 3. The Morgan fingerprint density at radius 3 is 2.55 bits per heavy atom. The van der Waals surface area contributed by atoms with Gasteiger partial charge in [0.1, 0.15) is 11.4 Å². The molecule has 1 aromatic carbocycles. The number of nitrogens with zero attached hydrogens (tertiary/aromatic N) is 10. The van der Waals surface area contributed by atoms with E-state index in [1.807, 2.05) is 29.9 Å². The van der Waals surface area contributed by atoms with Crippen molar-refractivity contribution in [2.24, 2.45) is 13.0 Å². The van der Waals surface area contributed by atoms with E-state index in [-0.39, 0.29) is 29.1 Å². The lowest BCUT2D eigenvalue weighted by Gasteiger charge is -2.39. The van der Waals surface area contributed by atoms with Crippen LogP contribution >= 0.6 is 0 Å². The number of imide groups is 1.